The van der Waals surface area contributed by atoms with Gasteiger partial charge in [-0.2, -0.15) is 0 Å². The van der Waals surface area contributed by atoms with Gasteiger partial charge in [0.2, 0.25) is 5.91 Å². The van der Waals surface area contributed by atoms with Crippen LogP contribution in [0.4, 0.5) is 5.69 Å². The molecule has 0 aliphatic heterocycles. The molecule has 1 N–H and O–H groups in total. The predicted octanol–water partition coefficient (Wildman–Crippen LogP) is 3.23. The van der Waals surface area contributed by atoms with Gasteiger partial charge >= 0.3 is 0 Å². The lowest BCUT2D eigenvalue weighted by molar-refractivity contribution is -0.111. The summed E-state index contributed by atoms with van der Waals surface area (Å²) in [5, 5.41) is 3.24. The first-order valence-electron chi connectivity index (χ1n) is 3.52. The summed E-state index contributed by atoms with van der Waals surface area (Å²) in [5.74, 6) is -0.247. The molecule has 2 nitrogen and oxygen atoms in total. The summed E-state index contributed by atoms with van der Waals surface area (Å²) in [6.07, 6.45) is 1.21. The number of hydrogen-bond acceptors (Lipinski definition) is 1. The van der Waals surface area contributed by atoms with Crippen LogP contribution in [0, 0.1) is 0 Å². The third-order valence-corrected chi connectivity index (χ3v) is 2.27. The monoisotopic (exact) mass is 259 g/mol. The van der Waals surface area contributed by atoms with E-state index < -0.39 is 0 Å². The fraction of sp³-hybridized carbons (Fsp3) is 0. The minimum Gasteiger partial charge on any atom is -0.321 e. The average molecular weight is 261 g/mol. The highest BCUT2D eigenvalue weighted by Gasteiger charge is 2.02. The molecule has 0 atom stereocenters. The van der Waals surface area contributed by atoms with E-state index in [4.69, 9.17) is 11.6 Å². The summed E-state index contributed by atoms with van der Waals surface area (Å²) >= 11 is 9.00. The van der Waals surface area contributed by atoms with Crippen molar-refractivity contribution in [2.24, 2.45) is 0 Å². The molecule has 0 heterocycles. The first-order valence-corrected chi connectivity index (χ1v) is 4.69. The summed E-state index contributed by atoms with van der Waals surface area (Å²) in [7, 11) is 0. The van der Waals surface area contributed by atoms with E-state index in [2.05, 4.69) is 27.8 Å². The van der Waals surface area contributed by atoms with E-state index in [-0.39, 0.29) is 5.91 Å². The maximum absolute atomic E-state index is 10.9. The van der Waals surface area contributed by atoms with Crippen molar-refractivity contribution in [2.75, 3.05) is 5.32 Å². The molecule has 0 saturated heterocycles. The Bertz CT molecular complexity index is 351. The van der Waals surface area contributed by atoms with Gasteiger partial charge in [0.05, 0.1) is 5.69 Å². The average Bonchev–Trinajstić information content (AvgIpc) is 2.09. The highest BCUT2D eigenvalue weighted by atomic mass is 79.9. The van der Waals surface area contributed by atoms with Gasteiger partial charge in [0.15, 0.2) is 0 Å². The van der Waals surface area contributed by atoms with E-state index >= 15 is 0 Å². The molecule has 0 aliphatic carbocycles. The normalized spacial score (nSPS) is 9.38. The van der Waals surface area contributed by atoms with Crippen LogP contribution in [-0.2, 0) is 4.79 Å². The molecule has 0 aromatic heterocycles. The Hall–Kier alpha value is -0.800. The number of rotatable bonds is 2. The van der Waals surface area contributed by atoms with Crippen molar-refractivity contribution in [3.8, 4) is 0 Å². The summed E-state index contributed by atoms with van der Waals surface area (Å²) in [6.45, 7) is 3.35. The van der Waals surface area contributed by atoms with E-state index in [1.807, 2.05) is 0 Å². The first-order chi connectivity index (χ1) is 6.13. The number of carbonyl (C=O) groups is 1. The number of amides is 1. The van der Waals surface area contributed by atoms with Gasteiger partial charge in [-0.25, -0.2) is 0 Å². The van der Waals surface area contributed by atoms with E-state index in [9.17, 15) is 4.79 Å². The zero-order chi connectivity index (χ0) is 9.84. The number of carbonyl (C=O) groups excluding carboxylic acids is 1. The third-order valence-electron chi connectivity index (χ3n) is 1.37. The number of halogens is 2. The van der Waals surface area contributed by atoms with Crippen molar-refractivity contribution in [3.05, 3.63) is 40.3 Å². The second kappa shape index (κ2) is 4.44. The molecular weight excluding hydrogens is 253 g/mol. The Morgan fingerprint density at radius 2 is 2.31 bits per heavy atom. The Balaban J connectivity index is 2.89. The van der Waals surface area contributed by atoms with Gasteiger partial charge in [-0.15, -0.1) is 0 Å². The lowest BCUT2D eigenvalue weighted by atomic mass is 10.3. The van der Waals surface area contributed by atoms with Gasteiger partial charge in [0, 0.05) is 9.50 Å². The Kier molecular flexibility index (Phi) is 3.51. The third kappa shape index (κ3) is 2.86. The van der Waals surface area contributed by atoms with Gasteiger partial charge in [0.25, 0.3) is 0 Å². The number of hydrogen-bond donors (Lipinski definition) is 1. The molecule has 0 aliphatic rings. The van der Waals surface area contributed by atoms with Crippen LogP contribution < -0.4 is 5.32 Å². The molecule has 68 valence electrons. The van der Waals surface area contributed by atoms with E-state index in [0.29, 0.717) is 10.7 Å². The predicted molar refractivity (Wildman–Crippen MR) is 58.0 cm³/mol. The van der Waals surface area contributed by atoms with Gasteiger partial charge in [-0.05, 0) is 40.2 Å². The zero-order valence-corrected chi connectivity index (χ0v) is 9.02. The molecule has 1 amide bonds. The molecule has 0 spiro atoms. The molecule has 0 unspecified atom stereocenters. The molecule has 4 heteroatoms. The van der Waals surface area contributed by atoms with E-state index in [1.165, 1.54) is 6.08 Å². The zero-order valence-electron chi connectivity index (χ0n) is 6.68. The molecule has 0 fully saturated rings. The van der Waals surface area contributed by atoms with Crippen LogP contribution in [0.15, 0.2) is 35.3 Å². The fourth-order valence-corrected chi connectivity index (χ4v) is 1.56. The summed E-state index contributed by atoms with van der Waals surface area (Å²) < 4.78 is 0.746. The van der Waals surface area contributed by atoms with Crippen molar-refractivity contribution in [1.29, 1.82) is 0 Å². The van der Waals surface area contributed by atoms with Crippen molar-refractivity contribution in [2.45, 2.75) is 0 Å². The highest BCUT2D eigenvalue weighted by molar-refractivity contribution is 9.10. The van der Waals surface area contributed by atoms with Crippen molar-refractivity contribution >= 4 is 39.1 Å². The van der Waals surface area contributed by atoms with Gasteiger partial charge in [0.1, 0.15) is 0 Å². The number of nitrogens with one attached hydrogen (secondary N) is 1. The Morgan fingerprint density at radius 1 is 1.62 bits per heavy atom. The van der Waals surface area contributed by atoms with Crippen LogP contribution in [-0.4, -0.2) is 5.91 Å². The molecular formula is C9H7BrClNO. The second-order valence-corrected chi connectivity index (χ2v) is 3.61. The van der Waals surface area contributed by atoms with E-state index in [0.717, 1.165) is 4.47 Å². The maximum Gasteiger partial charge on any atom is 0.247 e. The number of benzene rings is 1. The van der Waals surface area contributed by atoms with Crippen molar-refractivity contribution in [3.63, 3.8) is 0 Å². The first kappa shape index (κ1) is 10.3. The highest BCUT2D eigenvalue weighted by Crippen LogP contribution is 2.25. The molecule has 0 saturated carbocycles. The topological polar surface area (TPSA) is 29.1 Å². The SMILES string of the molecule is C=CC(=O)Nc1ccc(Cl)cc1Br. The molecule has 1 aromatic rings. The van der Waals surface area contributed by atoms with Crippen molar-refractivity contribution < 1.29 is 4.79 Å². The number of anilines is 1. The van der Waals surface area contributed by atoms with Crippen LogP contribution in [0.25, 0.3) is 0 Å². The van der Waals surface area contributed by atoms with Gasteiger partial charge < -0.3 is 5.32 Å². The van der Waals surface area contributed by atoms with Gasteiger partial charge in [-0.3, -0.25) is 4.79 Å². The van der Waals surface area contributed by atoms with Crippen LogP contribution in [0.5, 0.6) is 0 Å². The fourth-order valence-electron chi connectivity index (χ4n) is 0.775. The molecule has 1 aromatic carbocycles. The molecule has 1 rings (SSSR count). The van der Waals surface area contributed by atoms with Crippen LogP contribution in [0.2, 0.25) is 5.02 Å². The van der Waals surface area contributed by atoms with Crippen LogP contribution >= 0.6 is 27.5 Å². The molecule has 0 bridgehead atoms. The lowest BCUT2D eigenvalue weighted by Crippen LogP contribution is -2.07. The molecule has 13 heavy (non-hydrogen) atoms. The Labute approximate surface area is 89.7 Å². The summed E-state index contributed by atoms with van der Waals surface area (Å²) in [6, 6.07) is 5.12. The maximum atomic E-state index is 10.9. The summed E-state index contributed by atoms with van der Waals surface area (Å²) in [4.78, 5) is 10.9. The minimum atomic E-state index is -0.247. The quantitative estimate of drug-likeness (QED) is 0.813. The lowest BCUT2D eigenvalue weighted by Gasteiger charge is -2.04. The Morgan fingerprint density at radius 3 is 2.85 bits per heavy atom. The second-order valence-electron chi connectivity index (χ2n) is 2.32. The summed E-state index contributed by atoms with van der Waals surface area (Å²) in [5.41, 5.74) is 0.675. The van der Waals surface area contributed by atoms with Crippen LogP contribution in [0.1, 0.15) is 0 Å². The van der Waals surface area contributed by atoms with Gasteiger partial charge in [-0.1, -0.05) is 18.2 Å². The standard InChI is InChI=1S/C9H7BrClNO/c1-2-9(13)12-8-4-3-6(11)5-7(8)10/h2-5H,1H2,(H,12,13). The van der Waals surface area contributed by atoms with Crippen LogP contribution in [0.3, 0.4) is 0 Å². The van der Waals surface area contributed by atoms with E-state index in [1.54, 1.807) is 18.2 Å². The molecule has 0 radical (unpaired) electrons. The largest absolute Gasteiger partial charge is 0.321 e. The minimum absolute atomic E-state index is 0.247. The van der Waals surface area contributed by atoms with Crippen molar-refractivity contribution in [1.82, 2.24) is 0 Å². The smallest absolute Gasteiger partial charge is 0.247 e.